The van der Waals surface area contributed by atoms with E-state index in [-0.39, 0.29) is 11.5 Å². The van der Waals surface area contributed by atoms with E-state index in [1.807, 2.05) is 13.8 Å². The lowest BCUT2D eigenvalue weighted by atomic mass is 9.77. The van der Waals surface area contributed by atoms with Crippen LogP contribution in [0.2, 0.25) is 0 Å². The Balaban J connectivity index is 2.53. The second-order valence-corrected chi connectivity index (χ2v) is 6.91. The Bertz CT molecular complexity index is 374. The first-order valence-corrected chi connectivity index (χ1v) is 7.71. The Morgan fingerprint density at radius 3 is 2.47 bits per heavy atom. The molecule has 1 aliphatic heterocycles. The molecule has 0 aliphatic carbocycles. The number of sulfonamides is 1. The van der Waals surface area contributed by atoms with Crippen LogP contribution < -0.4 is 10.0 Å². The van der Waals surface area contributed by atoms with Crippen molar-refractivity contribution in [2.45, 2.75) is 39.7 Å². The van der Waals surface area contributed by atoms with Crippen LogP contribution in [-0.4, -0.2) is 39.1 Å². The summed E-state index contributed by atoms with van der Waals surface area (Å²) in [5.41, 5.74) is -0.410. The van der Waals surface area contributed by atoms with Crippen molar-refractivity contribution in [1.29, 1.82) is 0 Å². The smallest absolute Gasteiger partial charge is 0.212 e. The molecule has 1 rings (SSSR count). The van der Waals surface area contributed by atoms with Gasteiger partial charge in [0.1, 0.15) is 0 Å². The van der Waals surface area contributed by atoms with E-state index in [1.165, 1.54) is 0 Å². The summed E-state index contributed by atoms with van der Waals surface area (Å²) in [6.45, 7) is 6.68. The van der Waals surface area contributed by atoms with Gasteiger partial charge in [0.05, 0.1) is 17.2 Å². The van der Waals surface area contributed by atoms with Crippen molar-refractivity contribution in [3.05, 3.63) is 0 Å². The molecule has 5 nitrogen and oxygen atoms in total. The van der Waals surface area contributed by atoms with Crippen LogP contribution in [0.25, 0.3) is 0 Å². The van der Waals surface area contributed by atoms with E-state index in [0.717, 1.165) is 6.42 Å². The summed E-state index contributed by atoms with van der Waals surface area (Å²) >= 11 is 0. The Morgan fingerprint density at radius 1 is 1.47 bits per heavy atom. The van der Waals surface area contributed by atoms with Gasteiger partial charge in [-0.3, -0.25) is 4.79 Å². The summed E-state index contributed by atoms with van der Waals surface area (Å²) in [5, 5.41) is 3.04. The third-order valence-corrected chi connectivity index (χ3v) is 4.68. The van der Waals surface area contributed by atoms with E-state index >= 15 is 0 Å². The lowest BCUT2D eigenvalue weighted by Gasteiger charge is -2.39. The van der Waals surface area contributed by atoms with Crippen LogP contribution in [0.15, 0.2) is 0 Å². The van der Waals surface area contributed by atoms with Gasteiger partial charge in [-0.05, 0) is 13.3 Å². The number of hydrogen-bond donors (Lipinski definition) is 2. The maximum atomic E-state index is 12.0. The largest absolute Gasteiger partial charge is 0.315 e. The fourth-order valence-corrected chi connectivity index (χ4v) is 3.35. The molecule has 17 heavy (non-hydrogen) atoms. The van der Waals surface area contributed by atoms with Crippen molar-refractivity contribution in [2.24, 2.45) is 5.41 Å². The zero-order valence-corrected chi connectivity index (χ0v) is 11.6. The molecule has 0 aromatic heterocycles. The number of carbonyl (C=O) groups is 1. The van der Waals surface area contributed by atoms with Crippen molar-refractivity contribution in [3.8, 4) is 0 Å². The molecule has 0 amide bonds. The summed E-state index contributed by atoms with van der Waals surface area (Å²) < 4.78 is 25.8. The van der Waals surface area contributed by atoms with E-state index in [0.29, 0.717) is 19.5 Å². The minimum Gasteiger partial charge on any atom is -0.315 e. The normalized spacial score (nSPS) is 20.6. The van der Waals surface area contributed by atoms with Crippen molar-refractivity contribution < 1.29 is 13.2 Å². The molecule has 100 valence electrons. The standard InChI is InChI=1S/C11H22N2O3S/c1-4-5-6-17(15,16)13-9(2)10(14)11(3)7-12-8-11/h9,12-13H,4-8H2,1-3H3. The first kappa shape index (κ1) is 14.6. The van der Waals surface area contributed by atoms with Gasteiger partial charge in [0.15, 0.2) is 5.78 Å². The molecule has 1 atom stereocenters. The van der Waals surface area contributed by atoms with Crippen LogP contribution in [0.3, 0.4) is 0 Å². The zero-order chi connectivity index (χ0) is 13.1. The third-order valence-electron chi connectivity index (χ3n) is 3.14. The molecule has 0 spiro atoms. The lowest BCUT2D eigenvalue weighted by Crippen LogP contribution is -2.60. The number of hydrogen-bond acceptors (Lipinski definition) is 4. The van der Waals surface area contributed by atoms with E-state index in [9.17, 15) is 13.2 Å². The Hall–Kier alpha value is -0.460. The summed E-state index contributed by atoms with van der Waals surface area (Å²) in [6.07, 6.45) is 1.44. The molecule has 0 radical (unpaired) electrons. The molecule has 1 fully saturated rings. The summed E-state index contributed by atoms with van der Waals surface area (Å²) in [6, 6.07) is -0.635. The fraction of sp³-hybridized carbons (Fsp3) is 0.909. The highest BCUT2D eigenvalue weighted by Crippen LogP contribution is 2.24. The fourth-order valence-electron chi connectivity index (χ4n) is 1.91. The number of carbonyl (C=O) groups excluding carboxylic acids is 1. The van der Waals surface area contributed by atoms with Gasteiger partial charge in [0.25, 0.3) is 0 Å². The van der Waals surface area contributed by atoms with Gasteiger partial charge in [-0.2, -0.15) is 0 Å². The van der Waals surface area contributed by atoms with Gasteiger partial charge in [0, 0.05) is 13.1 Å². The minimum absolute atomic E-state index is 0.0312. The van der Waals surface area contributed by atoms with Crippen molar-refractivity contribution in [1.82, 2.24) is 10.0 Å². The van der Waals surface area contributed by atoms with E-state index in [4.69, 9.17) is 0 Å². The molecule has 0 saturated carbocycles. The Morgan fingerprint density at radius 2 is 2.06 bits per heavy atom. The molecule has 1 saturated heterocycles. The number of ketones is 1. The van der Waals surface area contributed by atoms with Crippen LogP contribution in [0, 0.1) is 5.41 Å². The molecule has 1 aliphatic rings. The van der Waals surface area contributed by atoms with E-state index in [2.05, 4.69) is 10.0 Å². The first-order valence-electron chi connectivity index (χ1n) is 6.06. The topological polar surface area (TPSA) is 75.3 Å². The van der Waals surface area contributed by atoms with Crippen molar-refractivity contribution in [2.75, 3.05) is 18.8 Å². The molecule has 1 unspecified atom stereocenters. The summed E-state index contributed by atoms with van der Waals surface area (Å²) in [5.74, 6) is 0.0622. The van der Waals surface area contributed by atoms with Gasteiger partial charge < -0.3 is 5.32 Å². The second kappa shape index (κ2) is 5.46. The highest BCUT2D eigenvalue weighted by molar-refractivity contribution is 7.89. The molecular weight excluding hydrogens is 240 g/mol. The molecule has 0 bridgehead atoms. The molecule has 0 aromatic rings. The van der Waals surface area contributed by atoms with Gasteiger partial charge in [-0.1, -0.05) is 20.3 Å². The zero-order valence-electron chi connectivity index (χ0n) is 10.7. The quantitative estimate of drug-likeness (QED) is 0.691. The maximum absolute atomic E-state index is 12.0. The van der Waals surface area contributed by atoms with Crippen LogP contribution in [0.1, 0.15) is 33.6 Å². The molecule has 6 heteroatoms. The van der Waals surface area contributed by atoms with Gasteiger partial charge >= 0.3 is 0 Å². The molecule has 1 heterocycles. The summed E-state index contributed by atoms with van der Waals surface area (Å²) in [4.78, 5) is 12.0. The summed E-state index contributed by atoms with van der Waals surface area (Å²) in [7, 11) is -3.32. The van der Waals surface area contributed by atoms with Gasteiger partial charge in [-0.15, -0.1) is 0 Å². The van der Waals surface area contributed by atoms with Crippen LogP contribution in [0.4, 0.5) is 0 Å². The van der Waals surface area contributed by atoms with E-state index < -0.39 is 21.5 Å². The first-order chi connectivity index (χ1) is 7.81. The monoisotopic (exact) mass is 262 g/mol. The SMILES string of the molecule is CCCCS(=O)(=O)NC(C)C(=O)C1(C)CNC1. The number of unbranched alkanes of at least 4 members (excludes halogenated alkanes) is 1. The minimum atomic E-state index is -3.32. The van der Waals surface area contributed by atoms with Crippen molar-refractivity contribution >= 4 is 15.8 Å². The van der Waals surface area contributed by atoms with Crippen LogP contribution in [0.5, 0.6) is 0 Å². The van der Waals surface area contributed by atoms with Crippen molar-refractivity contribution in [3.63, 3.8) is 0 Å². The van der Waals surface area contributed by atoms with Crippen LogP contribution >= 0.6 is 0 Å². The Labute approximate surface area is 103 Å². The predicted octanol–water partition coefficient (Wildman–Crippen LogP) is 0.273. The van der Waals surface area contributed by atoms with Gasteiger partial charge in [-0.25, -0.2) is 13.1 Å². The van der Waals surface area contributed by atoms with E-state index in [1.54, 1.807) is 6.92 Å². The molecular formula is C11H22N2O3S. The second-order valence-electron chi connectivity index (χ2n) is 5.04. The average molecular weight is 262 g/mol. The Kier molecular flexibility index (Phi) is 4.69. The number of rotatable bonds is 7. The number of nitrogens with one attached hydrogen (secondary N) is 2. The highest BCUT2D eigenvalue weighted by atomic mass is 32.2. The highest BCUT2D eigenvalue weighted by Gasteiger charge is 2.42. The number of Topliss-reactive ketones (excluding diaryl/α,β-unsaturated/α-hetero) is 1. The predicted molar refractivity (Wildman–Crippen MR) is 67.3 cm³/mol. The van der Waals surface area contributed by atoms with Gasteiger partial charge in [0.2, 0.25) is 10.0 Å². The average Bonchev–Trinajstić information content (AvgIpc) is 2.21. The maximum Gasteiger partial charge on any atom is 0.212 e. The third kappa shape index (κ3) is 3.76. The lowest BCUT2D eigenvalue weighted by molar-refractivity contribution is -0.131. The molecule has 0 aromatic carbocycles. The van der Waals surface area contributed by atoms with Crippen LogP contribution in [-0.2, 0) is 14.8 Å². The molecule has 2 N–H and O–H groups in total.